The number of hydrogen-bond donors (Lipinski definition) is 2. The van der Waals surface area contributed by atoms with E-state index in [-0.39, 0.29) is 11.2 Å². The highest BCUT2D eigenvalue weighted by Gasteiger charge is 2.16. The molecule has 0 aliphatic carbocycles. The van der Waals surface area contributed by atoms with Gasteiger partial charge in [0.25, 0.3) is 0 Å². The van der Waals surface area contributed by atoms with Crippen LogP contribution in [0.15, 0.2) is 0 Å². The summed E-state index contributed by atoms with van der Waals surface area (Å²) in [4.78, 5) is 11.4. The largest absolute Gasteiger partial charge is 0.355 e. The second kappa shape index (κ2) is 7.56. The maximum atomic E-state index is 11.4. The van der Waals surface area contributed by atoms with Crippen LogP contribution in [0, 0.1) is 5.92 Å². The molecule has 0 aromatic rings. The Labute approximate surface area is 90.6 Å². The van der Waals surface area contributed by atoms with Crippen molar-refractivity contribution in [3.63, 3.8) is 0 Å². The Morgan fingerprint density at radius 2 is 2.15 bits per heavy atom. The number of carbonyl (C=O) groups excluding carboxylic acids is 1. The quantitative estimate of drug-likeness (QED) is 0.529. The van der Waals surface area contributed by atoms with Gasteiger partial charge in [0.2, 0.25) is 5.91 Å². The summed E-state index contributed by atoms with van der Waals surface area (Å²) in [6, 6.07) is 0. The summed E-state index contributed by atoms with van der Waals surface area (Å²) in [7, 11) is 0. The molecule has 0 saturated carbocycles. The number of thioether (sulfide) groups is 1. The monoisotopic (exact) mass is 221 g/mol. The van der Waals surface area contributed by atoms with Gasteiger partial charge < -0.3 is 5.32 Å². The summed E-state index contributed by atoms with van der Waals surface area (Å²) in [6.07, 6.45) is 3.10. The van der Waals surface area contributed by atoms with Crippen LogP contribution in [-0.2, 0) is 4.79 Å². The van der Waals surface area contributed by atoms with Gasteiger partial charge in [-0.3, -0.25) is 4.79 Å². The van der Waals surface area contributed by atoms with Gasteiger partial charge in [-0.05, 0) is 24.3 Å². The van der Waals surface area contributed by atoms with Crippen molar-refractivity contribution in [3.8, 4) is 0 Å². The highest BCUT2D eigenvalue weighted by atomic mass is 32.2. The van der Waals surface area contributed by atoms with E-state index in [1.807, 2.05) is 13.8 Å². The number of nitrogens with one attached hydrogen (secondary N) is 1. The molecule has 0 heterocycles. The van der Waals surface area contributed by atoms with Crippen molar-refractivity contribution in [1.82, 2.24) is 5.32 Å². The van der Waals surface area contributed by atoms with Crippen molar-refractivity contribution in [1.29, 1.82) is 0 Å². The zero-order valence-electron chi connectivity index (χ0n) is 8.54. The first-order valence-electron chi connectivity index (χ1n) is 4.54. The lowest BCUT2D eigenvalue weighted by Crippen LogP contribution is -2.35. The maximum absolute atomic E-state index is 11.4. The summed E-state index contributed by atoms with van der Waals surface area (Å²) in [5.74, 6) is 1.45. The SMILES string of the molecule is CSCCCNC(=O)C(S)C(C)C. The lowest BCUT2D eigenvalue weighted by Gasteiger charge is -2.14. The normalized spacial score (nSPS) is 13.0. The molecular weight excluding hydrogens is 202 g/mol. The predicted octanol–water partition coefficient (Wildman–Crippen LogP) is 1.81. The summed E-state index contributed by atoms with van der Waals surface area (Å²) >= 11 is 6.03. The Balaban J connectivity index is 3.50. The molecule has 0 aromatic carbocycles. The molecular formula is C9H19NOS2. The predicted molar refractivity (Wildman–Crippen MR) is 63.6 cm³/mol. The second-order valence-corrected chi connectivity index (χ2v) is 4.87. The van der Waals surface area contributed by atoms with Crippen molar-refractivity contribution in [2.45, 2.75) is 25.5 Å². The minimum atomic E-state index is -0.172. The van der Waals surface area contributed by atoms with E-state index in [0.29, 0.717) is 5.92 Å². The Morgan fingerprint density at radius 1 is 1.54 bits per heavy atom. The highest BCUT2D eigenvalue weighted by molar-refractivity contribution is 7.98. The van der Waals surface area contributed by atoms with E-state index < -0.39 is 0 Å². The van der Waals surface area contributed by atoms with Gasteiger partial charge in [-0.15, -0.1) is 0 Å². The molecule has 13 heavy (non-hydrogen) atoms. The summed E-state index contributed by atoms with van der Waals surface area (Å²) in [6.45, 7) is 4.77. The van der Waals surface area contributed by atoms with Gasteiger partial charge in [0, 0.05) is 6.54 Å². The van der Waals surface area contributed by atoms with Crippen LogP contribution in [0.25, 0.3) is 0 Å². The minimum absolute atomic E-state index is 0.0550. The Hall–Kier alpha value is 0.170. The van der Waals surface area contributed by atoms with Crippen LogP contribution in [0.2, 0.25) is 0 Å². The van der Waals surface area contributed by atoms with Crippen LogP contribution < -0.4 is 5.32 Å². The summed E-state index contributed by atoms with van der Waals surface area (Å²) in [5, 5.41) is 2.70. The van der Waals surface area contributed by atoms with Gasteiger partial charge >= 0.3 is 0 Å². The lowest BCUT2D eigenvalue weighted by molar-refractivity contribution is -0.121. The summed E-state index contributed by atoms with van der Waals surface area (Å²) in [5.41, 5.74) is 0. The average molecular weight is 221 g/mol. The first kappa shape index (κ1) is 13.2. The van der Waals surface area contributed by atoms with Crippen molar-refractivity contribution in [2.75, 3.05) is 18.6 Å². The van der Waals surface area contributed by atoms with Crippen LogP contribution in [0.3, 0.4) is 0 Å². The Kier molecular flexibility index (Phi) is 7.66. The average Bonchev–Trinajstić information content (AvgIpc) is 2.10. The van der Waals surface area contributed by atoms with Crippen LogP contribution >= 0.6 is 24.4 Å². The third-order valence-electron chi connectivity index (χ3n) is 1.72. The van der Waals surface area contributed by atoms with Gasteiger partial charge in [-0.25, -0.2) is 0 Å². The molecule has 78 valence electrons. The van der Waals surface area contributed by atoms with Gasteiger partial charge in [0.05, 0.1) is 5.25 Å². The molecule has 2 nitrogen and oxygen atoms in total. The molecule has 0 rings (SSSR count). The van der Waals surface area contributed by atoms with Gasteiger partial charge in [0.15, 0.2) is 0 Å². The van der Waals surface area contributed by atoms with Crippen molar-refractivity contribution in [3.05, 3.63) is 0 Å². The molecule has 0 saturated heterocycles. The van der Waals surface area contributed by atoms with Gasteiger partial charge in [0.1, 0.15) is 0 Å². The maximum Gasteiger partial charge on any atom is 0.233 e. The fourth-order valence-electron chi connectivity index (χ4n) is 0.835. The van der Waals surface area contributed by atoms with Crippen molar-refractivity contribution >= 4 is 30.3 Å². The zero-order valence-corrected chi connectivity index (χ0v) is 10.3. The molecule has 0 aliphatic rings. The molecule has 0 aromatic heterocycles. The van der Waals surface area contributed by atoms with E-state index in [4.69, 9.17) is 0 Å². The van der Waals surface area contributed by atoms with Gasteiger partial charge in [-0.2, -0.15) is 24.4 Å². The highest BCUT2D eigenvalue weighted by Crippen LogP contribution is 2.08. The van der Waals surface area contributed by atoms with E-state index in [1.165, 1.54) is 0 Å². The van der Waals surface area contributed by atoms with Crippen molar-refractivity contribution < 1.29 is 4.79 Å². The van der Waals surface area contributed by atoms with Crippen molar-refractivity contribution in [2.24, 2.45) is 5.92 Å². The fraction of sp³-hybridized carbons (Fsp3) is 0.889. The lowest BCUT2D eigenvalue weighted by atomic mass is 10.1. The molecule has 0 radical (unpaired) electrons. The first-order valence-corrected chi connectivity index (χ1v) is 6.45. The molecule has 0 bridgehead atoms. The van der Waals surface area contributed by atoms with E-state index in [9.17, 15) is 4.79 Å². The third-order valence-corrected chi connectivity index (χ3v) is 3.25. The first-order chi connectivity index (χ1) is 6.09. The topological polar surface area (TPSA) is 29.1 Å². The second-order valence-electron chi connectivity index (χ2n) is 3.33. The molecule has 0 fully saturated rings. The fourth-order valence-corrected chi connectivity index (χ4v) is 1.36. The molecule has 4 heteroatoms. The van der Waals surface area contributed by atoms with E-state index in [1.54, 1.807) is 11.8 Å². The number of carbonyl (C=O) groups is 1. The molecule has 0 spiro atoms. The molecule has 0 aliphatic heterocycles. The molecule has 1 N–H and O–H groups in total. The van der Waals surface area contributed by atoms with Crippen LogP contribution in [0.5, 0.6) is 0 Å². The molecule has 1 unspecified atom stereocenters. The zero-order chi connectivity index (χ0) is 10.3. The Bertz CT molecular complexity index is 151. The van der Waals surface area contributed by atoms with E-state index >= 15 is 0 Å². The number of thiol groups is 1. The van der Waals surface area contributed by atoms with Crippen LogP contribution in [-0.4, -0.2) is 29.7 Å². The number of amides is 1. The molecule has 1 atom stereocenters. The molecule has 1 amide bonds. The van der Waals surface area contributed by atoms with E-state index in [2.05, 4.69) is 24.2 Å². The Morgan fingerprint density at radius 3 is 2.62 bits per heavy atom. The van der Waals surface area contributed by atoms with Crippen LogP contribution in [0.1, 0.15) is 20.3 Å². The minimum Gasteiger partial charge on any atom is -0.355 e. The number of hydrogen-bond acceptors (Lipinski definition) is 3. The third kappa shape index (κ3) is 6.27. The van der Waals surface area contributed by atoms with E-state index in [0.717, 1.165) is 18.7 Å². The summed E-state index contributed by atoms with van der Waals surface area (Å²) < 4.78 is 0. The number of rotatable bonds is 6. The van der Waals surface area contributed by atoms with Gasteiger partial charge in [-0.1, -0.05) is 13.8 Å². The standard InChI is InChI=1S/C9H19NOS2/c1-7(2)8(12)9(11)10-5-4-6-13-3/h7-8,12H,4-6H2,1-3H3,(H,10,11). The van der Waals surface area contributed by atoms with Crippen LogP contribution in [0.4, 0.5) is 0 Å². The smallest absolute Gasteiger partial charge is 0.233 e.